The second-order valence-corrected chi connectivity index (χ2v) is 8.94. The summed E-state index contributed by atoms with van der Waals surface area (Å²) in [6.07, 6.45) is 0.527. The zero-order valence-electron chi connectivity index (χ0n) is 17.1. The van der Waals surface area contributed by atoms with Crippen molar-refractivity contribution in [2.45, 2.75) is 68.7 Å². The third-order valence-corrected chi connectivity index (χ3v) is 6.85. The van der Waals surface area contributed by atoms with E-state index in [4.69, 9.17) is 28.4 Å². The fourth-order valence-electron chi connectivity index (χ4n) is 5.36. The van der Waals surface area contributed by atoms with Gasteiger partial charge in [-0.05, 0) is 32.6 Å². The van der Waals surface area contributed by atoms with E-state index in [9.17, 15) is 19.2 Å². The summed E-state index contributed by atoms with van der Waals surface area (Å²) in [6, 6.07) is 0. The molecule has 0 radical (unpaired) electrons. The average molecular weight is 436 g/mol. The molecule has 5 saturated heterocycles. The van der Waals surface area contributed by atoms with E-state index in [2.05, 4.69) is 6.58 Å². The number of rotatable bonds is 7. The van der Waals surface area contributed by atoms with E-state index in [1.54, 1.807) is 0 Å². The summed E-state index contributed by atoms with van der Waals surface area (Å²) in [6.45, 7) is 4.39. The lowest BCUT2D eigenvalue weighted by Crippen LogP contribution is -2.48. The molecule has 5 fully saturated rings. The van der Waals surface area contributed by atoms with Gasteiger partial charge in [0.1, 0.15) is 36.3 Å². The van der Waals surface area contributed by atoms with E-state index in [0.29, 0.717) is 0 Å². The molecule has 168 valence electrons. The van der Waals surface area contributed by atoms with Gasteiger partial charge >= 0.3 is 23.9 Å². The van der Waals surface area contributed by atoms with Crippen LogP contribution in [0.15, 0.2) is 12.2 Å². The first-order valence-corrected chi connectivity index (χ1v) is 10.5. The molecule has 0 aromatic carbocycles. The first-order valence-electron chi connectivity index (χ1n) is 10.5. The number of carbonyl (C=O) groups is 4. The number of hydrogen-bond acceptors (Lipinski definition) is 10. The maximum atomic E-state index is 12.9. The molecule has 0 aromatic heterocycles. The Bertz CT molecular complexity index is 841. The topological polar surface area (TPSA) is 124 Å². The van der Waals surface area contributed by atoms with Gasteiger partial charge in [0.05, 0.1) is 6.10 Å². The highest BCUT2D eigenvalue weighted by Crippen LogP contribution is 2.52. The molecule has 0 aromatic rings. The summed E-state index contributed by atoms with van der Waals surface area (Å²) in [5.41, 5.74) is -0.290. The molecule has 0 spiro atoms. The minimum Gasteiger partial charge on any atom is -0.462 e. The first-order chi connectivity index (χ1) is 14.8. The van der Waals surface area contributed by atoms with Crippen molar-refractivity contribution in [1.82, 2.24) is 0 Å². The summed E-state index contributed by atoms with van der Waals surface area (Å²) in [5, 5.41) is 0. The molecule has 10 nitrogen and oxygen atoms in total. The highest BCUT2D eigenvalue weighted by molar-refractivity contribution is 5.89. The molecular weight excluding hydrogens is 412 g/mol. The lowest BCUT2D eigenvalue weighted by Gasteiger charge is -2.29. The second kappa shape index (κ2) is 7.30. The molecule has 31 heavy (non-hydrogen) atoms. The van der Waals surface area contributed by atoms with Crippen molar-refractivity contribution in [2.75, 3.05) is 13.2 Å². The molecule has 0 aliphatic carbocycles. The van der Waals surface area contributed by atoms with Gasteiger partial charge in [-0.25, -0.2) is 9.59 Å². The molecule has 0 amide bonds. The highest BCUT2D eigenvalue weighted by atomic mass is 16.7. The van der Waals surface area contributed by atoms with Crippen LogP contribution in [-0.4, -0.2) is 73.2 Å². The summed E-state index contributed by atoms with van der Waals surface area (Å²) >= 11 is 0. The minimum absolute atomic E-state index is 0.128. The zero-order chi connectivity index (χ0) is 21.9. The van der Waals surface area contributed by atoms with Crippen LogP contribution in [-0.2, 0) is 47.6 Å². The number of hydrogen-bond donors (Lipinski definition) is 0. The van der Waals surface area contributed by atoms with Gasteiger partial charge in [-0.3, -0.25) is 9.59 Å². The Morgan fingerprint density at radius 2 is 1.87 bits per heavy atom. The van der Waals surface area contributed by atoms with E-state index in [1.807, 2.05) is 0 Å². The Kier molecular flexibility index (Phi) is 4.82. The average Bonchev–Trinajstić information content (AvgIpc) is 3.52. The lowest BCUT2D eigenvalue weighted by molar-refractivity contribution is -0.171. The van der Waals surface area contributed by atoms with Crippen LogP contribution in [0.5, 0.6) is 0 Å². The predicted molar refractivity (Wildman–Crippen MR) is 98.2 cm³/mol. The minimum atomic E-state index is -0.974. The molecule has 6 atom stereocenters. The predicted octanol–water partition coefficient (Wildman–Crippen LogP) is 0.211. The van der Waals surface area contributed by atoms with Crippen molar-refractivity contribution < 1.29 is 47.6 Å². The number of fused-ring (bicyclic) bond motifs is 3. The third kappa shape index (κ3) is 3.32. The normalized spacial score (nSPS) is 41.2. The third-order valence-electron chi connectivity index (χ3n) is 6.85. The van der Waals surface area contributed by atoms with Crippen LogP contribution in [0.4, 0.5) is 0 Å². The molecule has 6 unspecified atom stereocenters. The maximum absolute atomic E-state index is 12.9. The Balaban J connectivity index is 1.23. The van der Waals surface area contributed by atoms with Crippen molar-refractivity contribution in [3.05, 3.63) is 12.2 Å². The van der Waals surface area contributed by atoms with Crippen molar-refractivity contribution >= 4 is 23.9 Å². The van der Waals surface area contributed by atoms with Gasteiger partial charge in [0, 0.05) is 5.57 Å². The van der Waals surface area contributed by atoms with E-state index in [0.717, 1.165) is 25.7 Å². The molecule has 0 N–H and O–H groups in total. The van der Waals surface area contributed by atoms with E-state index in [-0.39, 0.29) is 18.3 Å². The van der Waals surface area contributed by atoms with Crippen molar-refractivity contribution in [3.8, 4) is 0 Å². The molecule has 5 rings (SSSR count). The molecular formula is C21H24O10. The van der Waals surface area contributed by atoms with Gasteiger partial charge in [-0.2, -0.15) is 0 Å². The monoisotopic (exact) mass is 436 g/mol. The van der Waals surface area contributed by atoms with Crippen LogP contribution in [0, 0.1) is 11.8 Å². The van der Waals surface area contributed by atoms with Gasteiger partial charge in [0.2, 0.25) is 0 Å². The van der Waals surface area contributed by atoms with Gasteiger partial charge in [0.15, 0.2) is 18.8 Å². The van der Waals surface area contributed by atoms with Crippen molar-refractivity contribution in [1.29, 1.82) is 0 Å². The van der Waals surface area contributed by atoms with Crippen LogP contribution >= 0.6 is 0 Å². The smallest absolute Gasteiger partial charge is 0.344 e. The number of esters is 4. The van der Waals surface area contributed by atoms with E-state index >= 15 is 0 Å². The van der Waals surface area contributed by atoms with E-state index < -0.39 is 72.3 Å². The standard InChI is InChI=1S/C21H24O10/c1-9(2)18(23)26-7-11(22)28-16-14-12(13-15(29-14)17(16)30-20(13)25)19(24)27-8-21-5-3-10(31-21)4-6-21/h10,12-17H,1,3-8H2,2H3. The van der Waals surface area contributed by atoms with Gasteiger partial charge in [0.25, 0.3) is 0 Å². The zero-order valence-corrected chi connectivity index (χ0v) is 17.1. The van der Waals surface area contributed by atoms with Crippen LogP contribution in [0.2, 0.25) is 0 Å². The largest absolute Gasteiger partial charge is 0.462 e. The van der Waals surface area contributed by atoms with Gasteiger partial charge in [-0.1, -0.05) is 6.58 Å². The van der Waals surface area contributed by atoms with Crippen LogP contribution in [0.25, 0.3) is 0 Å². The van der Waals surface area contributed by atoms with Gasteiger partial charge in [-0.15, -0.1) is 0 Å². The quantitative estimate of drug-likeness (QED) is 0.311. The Morgan fingerprint density at radius 3 is 2.52 bits per heavy atom. The summed E-state index contributed by atoms with van der Waals surface area (Å²) in [4.78, 5) is 48.9. The SMILES string of the molecule is C=C(C)C(=O)OCC(=O)OC1C2OC(=O)C3C2OC1C3C(=O)OCC12CCC(CC1)O2. The summed E-state index contributed by atoms with van der Waals surface area (Å²) in [5.74, 6) is -4.42. The molecule has 0 saturated carbocycles. The Labute approximate surface area is 178 Å². The van der Waals surface area contributed by atoms with E-state index in [1.165, 1.54) is 6.92 Å². The summed E-state index contributed by atoms with van der Waals surface area (Å²) in [7, 11) is 0. The second-order valence-electron chi connectivity index (χ2n) is 8.94. The fraction of sp³-hybridized carbons (Fsp3) is 0.714. The van der Waals surface area contributed by atoms with Crippen LogP contribution in [0.3, 0.4) is 0 Å². The van der Waals surface area contributed by atoms with Crippen LogP contribution < -0.4 is 0 Å². The number of carbonyl (C=O) groups excluding carboxylic acids is 4. The molecule has 5 aliphatic rings. The lowest BCUT2D eigenvalue weighted by atomic mass is 9.78. The molecule has 10 heteroatoms. The first kappa shape index (κ1) is 20.4. The Hall–Kier alpha value is -2.46. The Morgan fingerprint density at radius 1 is 1.13 bits per heavy atom. The molecule has 4 bridgehead atoms. The summed E-state index contributed by atoms with van der Waals surface area (Å²) < 4.78 is 32.8. The van der Waals surface area contributed by atoms with Crippen molar-refractivity contribution in [3.63, 3.8) is 0 Å². The van der Waals surface area contributed by atoms with Crippen molar-refractivity contribution in [2.24, 2.45) is 11.8 Å². The van der Waals surface area contributed by atoms with Gasteiger partial charge < -0.3 is 28.4 Å². The molecule has 5 aliphatic heterocycles. The van der Waals surface area contributed by atoms with Crippen LogP contribution in [0.1, 0.15) is 32.6 Å². The molecule has 5 heterocycles. The number of ether oxygens (including phenoxy) is 6. The fourth-order valence-corrected chi connectivity index (χ4v) is 5.36. The maximum Gasteiger partial charge on any atom is 0.344 e. The highest BCUT2D eigenvalue weighted by Gasteiger charge is 2.72.